The van der Waals surface area contributed by atoms with Gasteiger partial charge in [-0.1, -0.05) is 95.6 Å². The third kappa shape index (κ3) is 21.7. The highest BCUT2D eigenvalue weighted by Gasteiger charge is 2.31. The van der Waals surface area contributed by atoms with Gasteiger partial charge in [0, 0.05) is 26.8 Å². The Labute approximate surface area is 740 Å². The summed E-state index contributed by atoms with van der Waals surface area (Å²) in [6.07, 6.45) is 0. The fraction of sp³-hybridized carbons (Fsp3) is 0.0400. The van der Waals surface area contributed by atoms with E-state index < -0.39 is 193 Å². The molecule has 114 heavy (non-hydrogen) atoms. The van der Waals surface area contributed by atoms with Crippen molar-refractivity contribution < 1.29 is 131 Å². The second kappa shape index (κ2) is 37.7. The van der Waals surface area contributed by atoms with Crippen molar-refractivity contribution in [2.24, 2.45) is 0 Å². The van der Waals surface area contributed by atoms with Crippen molar-refractivity contribution in [3.05, 3.63) is 283 Å². The number of aromatic hydroxyl groups is 6. The first kappa shape index (κ1) is 87.4. The summed E-state index contributed by atoms with van der Waals surface area (Å²) in [5, 5.41) is 64.4. The average Bonchev–Trinajstić information content (AvgIpc) is 0.816. The molecule has 39 heteroatoms. The molecule has 6 N–H and O–H groups in total. The molecule has 0 unspecified atom stereocenters. The molecule has 0 aliphatic heterocycles. The van der Waals surface area contributed by atoms with E-state index in [-0.39, 0.29) is 87.6 Å². The number of carbonyl (C=O) groups is 12. The Bertz CT molecular complexity index is 4940. The number of rotatable bonds is 21. The fourth-order valence-corrected chi connectivity index (χ4v) is 17.2. The number of hydrogen-bond acceptors (Lipinski definition) is 27. The van der Waals surface area contributed by atoms with Crippen LogP contribution in [0.2, 0.25) is 0 Å². The smallest absolute Gasteiger partial charge is 0.349 e. The number of halogens is 12. The van der Waals surface area contributed by atoms with E-state index in [1.807, 2.05) is 0 Å². The number of ether oxygens (including phenoxy) is 9. The van der Waals surface area contributed by atoms with Crippen LogP contribution in [-0.2, 0) is 48.2 Å². The van der Waals surface area contributed by atoms with Gasteiger partial charge in [0.15, 0.2) is 0 Å². The summed E-state index contributed by atoms with van der Waals surface area (Å²) in [6, 6.07) is 28.1. The van der Waals surface area contributed by atoms with Crippen molar-refractivity contribution >= 4 is 263 Å². The minimum absolute atomic E-state index is 0.0205. The van der Waals surface area contributed by atoms with Gasteiger partial charge in [0.1, 0.15) is 105 Å². The number of phenols is 6. The van der Waals surface area contributed by atoms with Gasteiger partial charge in [0.2, 0.25) is 0 Å². The molecule has 0 bridgehead atoms. The van der Waals surface area contributed by atoms with E-state index in [1.54, 1.807) is 0 Å². The lowest BCUT2D eigenvalue weighted by molar-refractivity contribution is 0.0370. The predicted octanol–water partition coefficient (Wildman–Crippen LogP) is 19.8. The molecule has 0 aliphatic carbocycles. The first-order valence-corrected chi connectivity index (χ1v) is 40.4. The number of carbonyl (C=O) groups excluding carboxylic acids is 12. The minimum atomic E-state index is -1.45. The highest BCUT2D eigenvalue weighted by Crippen LogP contribution is 2.40. The number of benzene rings is 10. The van der Waals surface area contributed by atoms with Gasteiger partial charge in [-0.25, -0.2) is 57.5 Å². The zero-order valence-electron chi connectivity index (χ0n) is 55.8. The van der Waals surface area contributed by atoms with Gasteiger partial charge in [-0.15, -0.1) is 0 Å². The maximum absolute atomic E-state index is 14.0. The Hall–Kier alpha value is -9.00. The molecule has 0 fully saturated rings. The first-order valence-electron chi connectivity index (χ1n) is 30.9. The lowest BCUT2D eigenvalue weighted by Crippen LogP contribution is -2.16. The summed E-state index contributed by atoms with van der Waals surface area (Å²) < 4.78 is 51.3. The Kier molecular flexibility index (Phi) is 28.9. The van der Waals surface area contributed by atoms with E-state index in [0.29, 0.717) is 0 Å². The van der Waals surface area contributed by atoms with Gasteiger partial charge in [0.25, 0.3) is 0 Å². The molecule has 0 spiro atoms. The van der Waals surface area contributed by atoms with Crippen molar-refractivity contribution in [2.45, 2.75) is 19.8 Å². The van der Waals surface area contributed by atoms with Crippen molar-refractivity contribution in [3.63, 3.8) is 0 Å². The molecule has 10 rings (SSSR count). The van der Waals surface area contributed by atoms with Crippen LogP contribution in [0.5, 0.6) is 51.7 Å². The van der Waals surface area contributed by atoms with E-state index in [9.17, 15) is 88.2 Å². The first-order chi connectivity index (χ1) is 53.8. The number of phenolic OH excluding ortho intramolecular Hbond substituents is 6. The third-order valence-electron chi connectivity index (χ3n) is 15.1. The standard InChI is InChI=1S/C75H36Br12O27/c76-37-13-46(58(88)52(82)19-37)70(100)109-64(94)31-4-32(65(95)110-71(101)47-14-38(77)20-53(83)59(47)89)8-43(7-31)106-25-28-1-29(26-107-44-9-33(66(96)111-72(102)48-15-39(78)21-54(84)60(48)90)5-34(10-44)67(97)112-73(103)49-16-40(79)22-55(85)61(49)91)3-30(2-28)27-108-45-11-35(68(98)113-74(104)50-17-41(80)23-56(86)62(50)92)6-36(12-45)69(99)114-75(105)51-18-42(81)24-57(87)63(51)93/h1-24,88-93H,25-27H2. The highest BCUT2D eigenvalue weighted by atomic mass is 79.9. The fourth-order valence-electron chi connectivity index (χ4n) is 9.86. The Balaban J connectivity index is 1.04. The Morgan fingerprint density at radius 1 is 0.202 bits per heavy atom. The summed E-state index contributed by atoms with van der Waals surface area (Å²) in [7, 11) is 0. The van der Waals surface area contributed by atoms with E-state index in [1.165, 1.54) is 54.6 Å². The molecule has 0 aromatic heterocycles. The lowest BCUT2D eigenvalue weighted by Gasteiger charge is -2.15. The van der Waals surface area contributed by atoms with E-state index in [2.05, 4.69) is 191 Å². The molecule has 0 heterocycles. The average molecular weight is 2330 g/mol. The topological polar surface area (TPSA) is 409 Å². The maximum Gasteiger partial charge on any atom is 0.349 e. The van der Waals surface area contributed by atoms with Crippen molar-refractivity contribution in [3.8, 4) is 51.7 Å². The van der Waals surface area contributed by atoms with Crippen LogP contribution < -0.4 is 14.2 Å². The van der Waals surface area contributed by atoms with Gasteiger partial charge in [-0.05, 0) is 258 Å². The summed E-state index contributed by atoms with van der Waals surface area (Å²) in [5.41, 5.74) is -6.21. The molecule has 10 aromatic rings. The van der Waals surface area contributed by atoms with Gasteiger partial charge < -0.3 is 73.3 Å². The number of hydrogen-bond donors (Lipinski definition) is 6. The van der Waals surface area contributed by atoms with Crippen LogP contribution in [0, 0.1) is 0 Å². The second-order valence-corrected chi connectivity index (χ2v) is 33.6. The second-order valence-electron chi connectivity index (χ2n) is 23.0. The molecule has 0 saturated heterocycles. The summed E-state index contributed by atoms with van der Waals surface area (Å²) >= 11 is 37.8. The molecule has 0 atom stereocenters. The van der Waals surface area contributed by atoms with Crippen molar-refractivity contribution in [2.75, 3.05) is 0 Å². The maximum atomic E-state index is 14.0. The molecule has 0 saturated carbocycles. The third-order valence-corrected chi connectivity index (χ3v) is 21.4. The van der Waals surface area contributed by atoms with Crippen LogP contribution in [0.25, 0.3) is 0 Å². The highest BCUT2D eigenvalue weighted by molar-refractivity contribution is 9.12. The zero-order valence-corrected chi connectivity index (χ0v) is 74.8. The summed E-state index contributed by atoms with van der Waals surface area (Å²) in [4.78, 5) is 165. The van der Waals surface area contributed by atoms with Gasteiger partial charge in [0.05, 0.1) is 60.2 Å². The van der Waals surface area contributed by atoms with Crippen LogP contribution in [0.4, 0.5) is 0 Å². The molecular weight excluding hydrogens is 2290 g/mol. The quantitative estimate of drug-likeness (QED) is 0.0221. The number of esters is 12. The van der Waals surface area contributed by atoms with E-state index in [4.69, 9.17) is 42.6 Å². The predicted molar refractivity (Wildman–Crippen MR) is 438 cm³/mol. The van der Waals surface area contributed by atoms with Crippen molar-refractivity contribution in [1.82, 2.24) is 0 Å². The Morgan fingerprint density at radius 2 is 0.351 bits per heavy atom. The molecule has 0 aliphatic rings. The van der Waals surface area contributed by atoms with Gasteiger partial charge in [-0.3, -0.25) is 0 Å². The molecule has 0 amide bonds. The summed E-state index contributed by atoms with van der Waals surface area (Å²) in [5.74, 6) is -21.9. The molecular formula is C75H36Br12O27. The van der Waals surface area contributed by atoms with Crippen LogP contribution in [0.3, 0.4) is 0 Å². The normalized spacial score (nSPS) is 10.8. The molecule has 0 radical (unpaired) electrons. The van der Waals surface area contributed by atoms with E-state index >= 15 is 0 Å². The SMILES string of the molecule is O=C(OC(=O)c1cc(Br)cc(Br)c1O)c1cc(OCc2cc(COc3cc(C(=O)OC(=O)c4cc(Br)cc(Br)c4O)cc(C(=O)OC(=O)c4cc(Br)cc(Br)c4O)c3)cc(COc3cc(C(=O)OC(=O)c4cc(Br)cc(Br)c4O)cc(C(=O)OC(=O)c4cc(Br)cc(Br)c4O)c3)c2)cc(C(=O)OC(=O)c2cc(Br)cc(Br)c2O)c1. The zero-order chi connectivity index (χ0) is 83.2. The monoisotopic (exact) mass is 2320 g/mol. The lowest BCUT2D eigenvalue weighted by atomic mass is 10.1. The van der Waals surface area contributed by atoms with Crippen LogP contribution in [-0.4, -0.2) is 102 Å². The molecule has 10 aromatic carbocycles. The van der Waals surface area contributed by atoms with Gasteiger partial charge >= 0.3 is 71.6 Å². The van der Waals surface area contributed by atoms with E-state index in [0.717, 1.165) is 91.0 Å². The van der Waals surface area contributed by atoms with Crippen LogP contribution in [0.1, 0.15) is 141 Å². The Morgan fingerprint density at radius 3 is 0.500 bits per heavy atom. The van der Waals surface area contributed by atoms with Crippen LogP contribution >= 0.6 is 191 Å². The van der Waals surface area contributed by atoms with Crippen LogP contribution in [0.15, 0.2) is 199 Å². The minimum Gasteiger partial charge on any atom is -0.506 e. The van der Waals surface area contributed by atoms with Gasteiger partial charge in [-0.2, -0.15) is 0 Å². The van der Waals surface area contributed by atoms with Crippen molar-refractivity contribution in [1.29, 1.82) is 0 Å². The largest absolute Gasteiger partial charge is 0.506 e. The summed E-state index contributed by atoms with van der Waals surface area (Å²) in [6.45, 7) is -1.81. The molecule has 27 nitrogen and oxygen atoms in total. The molecule has 582 valence electrons.